The maximum atomic E-state index is 12.2. The molecule has 1 aliphatic rings. The van der Waals surface area contributed by atoms with E-state index in [1.807, 2.05) is 0 Å². The molecule has 1 aromatic heterocycles. The van der Waals surface area contributed by atoms with Crippen LogP contribution >= 0.6 is 23.2 Å². The van der Waals surface area contributed by atoms with E-state index >= 15 is 0 Å². The normalized spacial score (nSPS) is 15.7. The standard InChI is InChI=1S/C15H16Cl2N4O/c16-11-5-10(6-12(17)7-11)13-8-14(21-20-13)19-15(22)9-1-3-18-4-2-9/h5-9,18H,1-4H2,(H2,19,20,21,22). The topological polar surface area (TPSA) is 69.8 Å². The van der Waals surface area contributed by atoms with E-state index < -0.39 is 0 Å². The Morgan fingerprint density at radius 2 is 1.82 bits per heavy atom. The van der Waals surface area contributed by atoms with Crippen molar-refractivity contribution in [1.82, 2.24) is 15.5 Å². The summed E-state index contributed by atoms with van der Waals surface area (Å²) in [7, 11) is 0. The molecule has 116 valence electrons. The second-order valence-corrected chi connectivity index (χ2v) is 6.21. The van der Waals surface area contributed by atoms with Gasteiger partial charge in [-0.3, -0.25) is 9.89 Å². The Morgan fingerprint density at radius 1 is 1.14 bits per heavy atom. The van der Waals surface area contributed by atoms with E-state index in [0.717, 1.165) is 37.2 Å². The number of aromatic amines is 1. The molecule has 3 rings (SSSR count). The predicted molar refractivity (Wildman–Crippen MR) is 88.3 cm³/mol. The van der Waals surface area contributed by atoms with Crippen molar-refractivity contribution >= 4 is 34.9 Å². The number of benzene rings is 1. The average Bonchev–Trinajstić information content (AvgIpc) is 2.96. The van der Waals surface area contributed by atoms with Gasteiger partial charge in [0.25, 0.3) is 0 Å². The smallest absolute Gasteiger partial charge is 0.228 e. The summed E-state index contributed by atoms with van der Waals surface area (Å²) in [4.78, 5) is 12.2. The number of amides is 1. The summed E-state index contributed by atoms with van der Waals surface area (Å²) in [5.74, 6) is 0.570. The van der Waals surface area contributed by atoms with Crippen LogP contribution in [0.5, 0.6) is 0 Å². The van der Waals surface area contributed by atoms with Crippen LogP contribution in [0, 0.1) is 5.92 Å². The summed E-state index contributed by atoms with van der Waals surface area (Å²) < 4.78 is 0. The maximum Gasteiger partial charge on any atom is 0.228 e. The van der Waals surface area contributed by atoms with Gasteiger partial charge in [0, 0.05) is 27.6 Å². The quantitative estimate of drug-likeness (QED) is 0.803. The zero-order valence-electron chi connectivity index (χ0n) is 11.8. The van der Waals surface area contributed by atoms with E-state index in [9.17, 15) is 4.79 Å². The largest absolute Gasteiger partial charge is 0.317 e. The van der Waals surface area contributed by atoms with Crippen molar-refractivity contribution in [3.63, 3.8) is 0 Å². The van der Waals surface area contributed by atoms with E-state index in [-0.39, 0.29) is 11.8 Å². The number of halogens is 2. The molecule has 0 unspecified atom stereocenters. The molecular weight excluding hydrogens is 323 g/mol. The highest BCUT2D eigenvalue weighted by molar-refractivity contribution is 6.35. The van der Waals surface area contributed by atoms with E-state index in [4.69, 9.17) is 23.2 Å². The fraction of sp³-hybridized carbons (Fsp3) is 0.333. The Balaban J connectivity index is 1.72. The van der Waals surface area contributed by atoms with Crippen LogP contribution in [0.2, 0.25) is 10.0 Å². The molecule has 0 radical (unpaired) electrons. The van der Waals surface area contributed by atoms with Crippen molar-refractivity contribution in [3.8, 4) is 11.3 Å². The third-order valence-corrected chi connectivity index (χ3v) is 4.15. The molecule has 1 saturated heterocycles. The van der Waals surface area contributed by atoms with Crippen LogP contribution in [-0.2, 0) is 4.79 Å². The van der Waals surface area contributed by atoms with Crippen LogP contribution in [0.4, 0.5) is 5.82 Å². The first kappa shape index (κ1) is 15.3. The molecule has 1 amide bonds. The number of nitrogens with one attached hydrogen (secondary N) is 3. The van der Waals surface area contributed by atoms with Crippen LogP contribution in [0.15, 0.2) is 24.3 Å². The first-order valence-corrected chi connectivity index (χ1v) is 7.91. The number of anilines is 1. The van der Waals surface area contributed by atoms with Crippen molar-refractivity contribution in [2.24, 2.45) is 5.92 Å². The third-order valence-electron chi connectivity index (χ3n) is 3.71. The van der Waals surface area contributed by atoms with Gasteiger partial charge in [-0.05, 0) is 44.1 Å². The second kappa shape index (κ2) is 6.69. The summed E-state index contributed by atoms with van der Waals surface area (Å²) in [6.45, 7) is 1.76. The maximum absolute atomic E-state index is 12.2. The Bertz CT molecular complexity index is 660. The molecule has 1 aromatic carbocycles. The van der Waals surface area contributed by atoms with Gasteiger partial charge in [0.15, 0.2) is 5.82 Å². The van der Waals surface area contributed by atoms with Crippen LogP contribution in [0.3, 0.4) is 0 Å². The van der Waals surface area contributed by atoms with Crippen molar-refractivity contribution in [2.45, 2.75) is 12.8 Å². The van der Waals surface area contributed by atoms with Gasteiger partial charge in [0.1, 0.15) is 0 Å². The van der Waals surface area contributed by atoms with Gasteiger partial charge < -0.3 is 10.6 Å². The Hall–Kier alpha value is -1.56. The number of nitrogens with zero attached hydrogens (tertiary/aromatic N) is 1. The molecule has 0 bridgehead atoms. The SMILES string of the molecule is O=C(Nc1cc(-c2cc(Cl)cc(Cl)c2)[nH]n1)C1CCNCC1. The molecule has 2 aromatic rings. The summed E-state index contributed by atoms with van der Waals surface area (Å²) in [5.41, 5.74) is 1.58. The molecule has 0 atom stereocenters. The Morgan fingerprint density at radius 3 is 2.50 bits per heavy atom. The fourth-order valence-corrected chi connectivity index (χ4v) is 3.08. The highest BCUT2D eigenvalue weighted by atomic mass is 35.5. The van der Waals surface area contributed by atoms with E-state index in [1.165, 1.54) is 0 Å². The summed E-state index contributed by atoms with van der Waals surface area (Å²) >= 11 is 12.0. The first-order valence-electron chi connectivity index (χ1n) is 7.15. The number of carbonyl (C=O) groups excluding carboxylic acids is 1. The van der Waals surface area contributed by atoms with Crippen LogP contribution in [0.1, 0.15) is 12.8 Å². The molecular formula is C15H16Cl2N4O. The molecule has 0 saturated carbocycles. The molecule has 0 spiro atoms. The lowest BCUT2D eigenvalue weighted by atomic mass is 9.97. The zero-order valence-corrected chi connectivity index (χ0v) is 13.3. The van der Waals surface area contributed by atoms with Gasteiger partial charge in [0.2, 0.25) is 5.91 Å². The number of H-pyrrole nitrogens is 1. The number of hydrogen-bond donors (Lipinski definition) is 3. The molecule has 1 fully saturated rings. The zero-order chi connectivity index (χ0) is 15.5. The van der Waals surface area contributed by atoms with Gasteiger partial charge in [-0.1, -0.05) is 23.2 Å². The molecule has 22 heavy (non-hydrogen) atoms. The second-order valence-electron chi connectivity index (χ2n) is 5.34. The first-order chi connectivity index (χ1) is 10.6. The molecule has 5 nitrogen and oxygen atoms in total. The highest BCUT2D eigenvalue weighted by Crippen LogP contribution is 2.27. The summed E-state index contributed by atoms with van der Waals surface area (Å²) in [6.07, 6.45) is 1.71. The minimum absolute atomic E-state index is 0.0173. The number of carbonyl (C=O) groups is 1. The highest BCUT2D eigenvalue weighted by Gasteiger charge is 2.21. The summed E-state index contributed by atoms with van der Waals surface area (Å²) in [6, 6.07) is 7.03. The van der Waals surface area contributed by atoms with E-state index in [0.29, 0.717) is 15.9 Å². The molecule has 1 aliphatic heterocycles. The fourth-order valence-electron chi connectivity index (χ4n) is 2.56. The van der Waals surface area contributed by atoms with Crippen LogP contribution in [0.25, 0.3) is 11.3 Å². The number of hydrogen-bond acceptors (Lipinski definition) is 3. The molecule has 2 heterocycles. The van der Waals surface area contributed by atoms with Gasteiger partial charge >= 0.3 is 0 Å². The van der Waals surface area contributed by atoms with Crippen molar-refractivity contribution < 1.29 is 4.79 Å². The van der Waals surface area contributed by atoms with Gasteiger partial charge in [-0.25, -0.2) is 0 Å². The van der Waals surface area contributed by atoms with Gasteiger partial charge in [0.05, 0.1) is 5.69 Å². The van der Waals surface area contributed by atoms with Crippen LogP contribution < -0.4 is 10.6 Å². The molecule has 3 N–H and O–H groups in total. The third kappa shape index (κ3) is 3.61. The van der Waals surface area contributed by atoms with Crippen molar-refractivity contribution in [3.05, 3.63) is 34.3 Å². The molecule has 0 aliphatic carbocycles. The van der Waals surface area contributed by atoms with Crippen molar-refractivity contribution in [1.29, 1.82) is 0 Å². The lowest BCUT2D eigenvalue weighted by Gasteiger charge is -2.21. The average molecular weight is 339 g/mol. The summed E-state index contributed by atoms with van der Waals surface area (Å²) in [5, 5.41) is 14.2. The van der Waals surface area contributed by atoms with E-state index in [1.54, 1.807) is 24.3 Å². The number of piperidine rings is 1. The van der Waals surface area contributed by atoms with Crippen molar-refractivity contribution in [2.75, 3.05) is 18.4 Å². The van der Waals surface area contributed by atoms with Gasteiger partial charge in [-0.15, -0.1) is 0 Å². The molecule has 7 heteroatoms. The minimum atomic E-state index is 0.0173. The Labute approximate surface area is 138 Å². The monoisotopic (exact) mass is 338 g/mol. The van der Waals surface area contributed by atoms with Crippen LogP contribution in [-0.4, -0.2) is 29.2 Å². The Kier molecular flexibility index (Phi) is 4.66. The lowest BCUT2D eigenvalue weighted by Crippen LogP contribution is -2.34. The van der Waals surface area contributed by atoms with E-state index in [2.05, 4.69) is 20.8 Å². The number of aromatic nitrogens is 2. The minimum Gasteiger partial charge on any atom is -0.317 e. The number of rotatable bonds is 3. The lowest BCUT2D eigenvalue weighted by molar-refractivity contribution is -0.120. The van der Waals surface area contributed by atoms with Gasteiger partial charge in [-0.2, -0.15) is 5.10 Å². The predicted octanol–water partition coefficient (Wildman–Crippen LogP) is 3.32.